The molecule has 3 rings (SSSR count). The molecule has 1 N–H and O–H groups in total. The van der Waals surface area contributed by atoms with Gasteiger partial charge in [0.15, 0.2) is 0 Å². The number of hydrogen-bond acceptors (Lipinski definition) is 3. The highest BCUT2D eigenvalue weighted by molar-refractivity contribution is 6.01. The van der Waals surface area contributed by atoms with Crippen LogP contribution < -0.4 is 15.0 Å². The predicted molar refractivity (Wildman–Crippen MR) is 91.7 cm³/mol. The van der Waals surface area contributed by atoms with Crippen molar-refractivity contribution in [3.05, 3.63) is 59.9 Å². The third-order valence-electron chi connectivity index (χ3n) is 4.28. The van der Waals surface area contributed by atoms with Gasteiger partial charge in [0.2, 0.25) is 11.8 Å². The summed E-state index contributed by atoms with van der Waals surface area (Å²) in [6.07, 6.45) is 0.126. The summed E-state index contributed by atoms with van der Waals surface area (Å²) in [5.74, 6) is -0.627. The number of para-hydroxylation sites is 2. The van der Waals surface area contributed by atoms with Gasteiger partial charge in [-0.15, -0.1) is 0 Å². The molecule has 0 unspecified atom stereocenters. The van der Waals surface area contributed by atoms with Gasteiger partial charge in [0, 0.05) is 25.1 Å². The topological polar surface area (TPSA) is 58.6 Å². The lowest BCUT2D eigenvalue weighted by Gasteiger charge is -2.19. The van der Waals surface area contributed by atoms with Crippen LogP contribution >= 0.6 is 0 Å². The van der Waals surface area contributed by atoms with Crippen molar-refractivity contribution in [2.75, 3.05) is 18.6 Å². The second kappa shape index (κ2) is 7.34. The molecule has 1 fully saturated rings. The molecular formula is C19H19FN2O3. The van der Waals surface area contributed by atoms with Gasteiger partial charge in [-0.2, -0.15) is 0 Å². The molecule has 5 nitrogen and oxygen atoms in total. The zero-order valence-electron chi connectivity index (χ0n) is 13.9. The quantitative estimate of drug-likeness (QED) is 0.908. The molecule has 0 radical (unpaired) electrons. The summed E-state index contributed by atoms with van der Waals surface area (Å²) in [6.45, 7) is 0.382. The molecule has 1 atom stereocenters. The van der Waals surface area contributed by atoms with E-state index < -0.39 is 5.92 Å². The smallest absolute Gasteiger partial charge is 0.227 e. The molecule has 130 valence electrons. The number of rotatable bonds is 5. The lowest BCUT2D eigenvalue weighted by molar-refractivity contribution is -0.126. The number of carbonyl (C=O) groups excluding carboxylic acids is 2. The Bertz CT molecular complexity index is 794. The van der Waals surface area contributed by atoms with Crippen molar-refractivity contribution < 1.29 is 18.7 Å². The Kier molecular flexibility index (Phi) is 4.97. The molecule has 0 aliphatic carbocycles. The van der Waals surface area contributed by atoms with Crippen LogP contribution in [-0.4, -0.2) is 25.5 Å². The number of halogens is 1. The predicted octanol–water partition coefficient (Wildman–Crippen LogP) is 2.50. The van der Waals surface area contributed by atoms with E-state index in [1.165, 1.54) is 13.2 Å². The van der Waals surface area contributed by atoms with Gasteiger partial charge in [0.1, 0.15) is 11.6 Å². The van der Waals surface area contributed by atoms with E-state index in [0.717, 1.165) is 0 Å². The molecule has 6 heteroatoms. The summed E-state index contributed by atoms with van der Waals surface area (Å²) < 4.78 is 18.9. The molecule has 0 saturated carbocycles. The molecule has 0 spiro atoms. The maximum atomic E-state index is 13.6. The zero-order valence-corrected chi connectivity index (χ0v) is 13.9. The first-order valence-electron chi connectivity index (χ1n) is 8.04. The van der Waals surface area contributed by atoms with E-state index in [2.05, 4.69) is 5.32 Å². The van der Waals surface area contributed by atoms with Gasteiger partial charge >= 0.3 is 0 Å². The maximum absolute atomic E-state index is 13.6. The van der Waals surface area contributed by atoms with Crippen LogP contribution in [0.1, 0.15) is 12.0 Å². The number of carbonyl (C=O) groups is 2. The average molecular weight is 342 g/mol. The summed E-state index contributed by atoms with van der Waals surface area (Å²) in [4.78, 5) is 26.2. The Labute approximate surface area is 145 Å². The summed E-state index contributed by atoms with van der Waals surface area (Å²) in [7, 11) is 1.54. The van der Waals surface area contributed by atoms with Gasteiger partial charge in [0.25, 0.3) is 0 Å². The molecule has 0 aromatic heterocycles. The molecule has 2 amide bonds. The lowest BCUT2D eigenvalue weighted by Crippen LogP contribution is -2.32. The van der Waals surface area contributed by atoms with Gasteiger partial charge in [-0.25, -0.2) is 4.39 Å². The number of benzene rings is 2. The largest absolute Gasteiger partial charge is 0.495 e. The fourth-order valence-electron chi connectivity index (χ4n) is 2.94. The summed E-state index contributed by atoms with van der Waals surface area (Å²) in [5.41, 5.74) is 1.07. The first kappa shape index (κ1) is 17.0. The molecule has 1 aliphatic heterocycles. The van der Waals surface area contributed by atoms with E-state index in [9.17, 15) is 14.0 Å². The van der Waals surface area contributed by atoms with Crippen molar-refractivity contribution in [1.82, 2.24) is 5.32 Å². The van der Waals surface area contributed by atoms with E-state index in [1.807, 2.05) is 12.1 Å². The molecule has 25 heavy (non-hydrogen) atoms. The first-order chi connectivity index (χ1) is 12.1. The van der Waals surface area contributed by atoms with Gasteiger partial charge in [0.05, 0.1) is 18.7 Å². The van der Waals surface area contributed by atoms with E-state index in [0.29, 0.717) is 17.0 Å². The Balaban J connectivity index is 1.66. The first-order valence-corrected chi connectivity index (χ1v) is 8.04. The normalized spacial score (nSPS) is 16.8. The minimum atomic E-state index is -0.468. The minimum Gasteiger partial charge on any atom is -0.495 e. The Morgan fingerprint density at radius 2 is 1.96 bits per heavy atom. The van der Waals surface area contributed by atoms with Crippen molar-refractivity contribution in [3.63, 3.8) is 0 Å². The molecule has 1 heterocycles. The highest BCUT2D eigenvalue weighted by Gasteiger charge is 2.36. The van der Waals surface area contributed by atoms with Crippen LogP contribution in [0, 0.1) is 11.7 Å². The summed E-state index contributed by atoms with van der Waals surface area (Å²) in [5, 5.41) is 2.71. The monoisotopic (exact) mass is 342 g/mol. The van der Waals surface area contributed by atoms with Gasteiger partial charge in [-0.3, -0.25) is 9.59 Å². The van der Waals surface area contributed by atoms with E-state index in [4.69, 9.17) is 4.74 Å². The summed E-state index contributed by atoms with van der Waals surface area (Å²) in [6, 6.07) is 13.5. The molecule has 1 saturated heterocycles. The van der Waals surface area contributed by atoms with Gasteiger partial charge in [-0.05, 0) is 18.2 Å². The van der Waals surface area contributed by atoms with E-state index in [1.54, 1.807) is 35.2 Å². The number of ether oxygens (including phenoxy) is 1. The minimum absolute atomic E-state index is 0.102. The van der Waals surface area contributed by atoms with Crippen LogP contribution in [-0.2, 0) is 16.1 Å². The van der Waals surface area contributed by atoms with Crippen molar-refractivity contribution in [2.45, 2.75) is 13.0 Å². The Morgan fingerprint density at radius 3 is 2.72 bits per heavy atom. The number of nitrogens with zero attached hydrogens (tertiary/aromatic N) is 1. The standard InChI is InChI=1S/C19H19FN2O3/c1-25-17-9-5-4-8-16(17)22-12-14(10-18(22)23)19(24)21-11-13-6-2-3-7-15(13)20/h2-9,14H,10-12H2,1H3,(H,21,24)/t14-/m0/s1. The maximum Gasteiger partial charge on any atom is 0.227 e. The van der Waals surface area contributed by atoms with Crippen molar-refractivity contribution in [3.8, 4) is 5.75 Å². The van der Waals surface area contributed by atoms with Crippen molar-refractivity contribution >= 4 is 17.5 Å². The molecule has 2 aromatic rings. The molecule has 0 bridgehead atoms. The van der Waals surface area contributed by atoms with Crippen molar-refractivity contribution in [1.29, 1.82) is 0 Å². The second-order valence-corrected chi connectivity index (χ2v) is 5.89. The highest BCUT2D eigenvalue weighted by Crippen LogP contribution is 2.32. The number of amides is 2. The lowest BCUT2D eigenvalue weighted by atomic mass is 10.1. The molecular weight excluding hydrogens is 323 g/mol. The van der Waals surface area contributed by atoms with Gasteiger partial charge in [-0.1, -0.05) is 30.3 Å². The second-order valence-electron chi connectivity index (χ2n) is 5.89. The third-order valence-corrected chi connectivity index (χ3v) is 4.28. The molecule has 2 aromatic carbocycles. The van der Waals surface area contributed by atoms with Crippen LogP contribution in [0.3, 0.4) is 0 Å². The average Bonchev–Trinajstić information content (AvgIpc) is 3.02. The highest BCUT2D eigenvalue weighted by atomic mass is 19.1. The van der Waals surface area contributed by atoms with E-state index >= 15 is 0 Å². The van der Waals surface area contributed by atoms with Gasteiger partial charge < -0.3 is 15.0 Å². The number of hydrogen-bond donors (Lipinski definition) is 1. The summed E-state index contributed by atoms with van der Waals surface area (Å²) >= 11 is 0. The Hall–Kier alpha value is -2.89. The Morgan fingerprint density at radius 1 is 1.24 bits per heavy atom. The SMILES string of the molecule is COc1ccccc1N1C[C@@H](C(=O)NCc2ccccc2F)CC1=O. The number of anilines is 1. The fraction of sp³-hybridized carbons (Fsp3) is 0.263. The van der Waals surface area contributed by atoms with Crippen LogP contribution in [0.15, 0.2) is 48.5 Å². The van der Waals surface area contributed by atoms with Crippen LogP contribution in [0.25, 0.3) is 0 Å². The zero-order chi connectivity index (χ0) is 17.8. The third kappa shape index (κ3) is 3.63. The number of nitrogens with one attached hydrogen (secondary N) is 1. The van der Waals surface area contributed by atoms with Crippen molar-refractivity contribution in [2.24, 2.45) is 5.92 Å². The number of methoxy groups -OCH3 is 1. The van der Waals surface area contributed by atoms with Crippen LogP contribution in [0.5, 0.6) is 5.75 Å². The van der Waals surface area contributed by atoms with E-state index in [-0.39, 0.29) is 37.1 Å². The van der Waals surface area contributed by atoms with Crippen LogP contribution in [0.4, 0.5) is 10.1 Å². The molecule has 1 aliphatic rings. The fourth-order valence-corrected chi connectivity index (χ4v) is 2.94. The van der Waals surface area contributed by atoms with Crippen LogP contribution in [0.2, 0.25) is 0 Å².